The summed E-state index contributed by atoms with van der Waals surface area (Å²) in [4.78, 5) is 21.2. The fraction of sp³-hybridized carbons (Fsp3) is 0.667. The van der Waals surface area contributed by atoms with Crippen LogP contribution < -0.4 is 10.6 Å². The molecule has 1 saturated heterocycles. The van der Waals surface area contributed by atoms with Crippen molar-refractivity contribution in [3.8, 4) is 0 Å². The van der Waals surface area contributed by atoms with Crippen LogP contribution >= 0.6 is 0 Å². The number of carbonyl (C=O) groups is 1. The van der Waals surface area contributed by atoms with E-state index in [0.717, 1.165) is 30.2 Å². The quantitative estimate of drug-likeness (QED) is 0.900. The summed E-state index contributed by atoms with van der Waals surface area (Å²) in [5.74, 6) is 0.920. The molecular weight excluding hydrogens is 304 g/mol. The van der Waals surface area contributed by atoms with E-state index in [-0.39, 0.29) is 18.2 Å². The average Bonchev–Trinajstić information content (AvgIpc) is 2.45. The van der Waals surface area contributed by atoms with Crippen LogP contribution in [-0.2, 0) is 11.3 Å². The third-order valence-corrected chi connectivity index (χ3v) is 4.23. The number of aromatic nitrogens is 1. The zero-order valence-electron chi connectivity index (χ0n) is 15.7. The van der Waals surface area contributed by atoms with Gasteiger partial charge in [0.05, 0.1) is 17.8 Å². The van der Waals surface area contributed by atoms with E-state index in [2.05, 4.69) is 16.0 Å². The van der Waals surface area contributed by atoms with E-state index in [1.54, 1.807) is 0 Å². The van der Waals surface area contributed by atoms with Crippen molar-refractivity contribution in [3.63, 3.8) is 0 Å². The third-order valence-electron chi connectivity index (χ3n) is 4.23. The first kappa shape index (κ1) is 18.5. The van der Waals surface area contributed by atoms with Crippen LogP contribution in [0.2, 0.25) is 0 Å². The van der Waals surface area contributed by atoms with Gasteiger partial charge in [-0.1, -0.05) is 6.07 Å². The van der Waals surface area contributed by atoms with Gasteiger partial charge >= 0.3 is 6.09 Å². The minimum Gasteiger partial charge on any atom is -0.444 e. The van der Waals surface area contributed by atoms with Crippen LogP contribution in [0.1, 0.15) is 45.9 Å². The third kappa shape index (κ3) is 4.17. The zero-order chi connectivity index (χ0) is 18.1. The molecule has 2 rings (SSSR count). The second-order valence-electron chi connectivity index (χ2n) is 7.63. The van der Waals surface area contributed by atoms with Crippen molar-refractivity contribution in [2.45, 2.75) is 65.8 Å². The molecule has 0 aliphatic carbocycles. The second kappa shape index (κ2) is 6.97. The van der Waals surface area contributed by atoms with Gasteiger partial charge in [0, 0.05) is 19.6 Å². The Morgan fingerprint density at radius 2 is 1.88 bits per heavy atom. The van der Waals surface area contributed by atoms with Crippen LogP contribution in [0.25, 0.3) is 0 Å². The number of rotatable bonds is 2. The second-order valence-corrected chi connectivity index (χ2v) is 7.63. The standard InChI is InChI=1S/C18H30N4O2/c1-12-7-8-16(20-15(12)9-19)21-10-13(2)22(14(3)11-21)17(23)24-18(4,5)6/h7-8,13-14H,9-11,19H2,1-6H3/t13-,14+. The van der Waals surface area contributed by atoms with Crippen molar-refractivity contribution in [3.05, 3.63) is 23.4 Å². The summed E-state index contributed by atoms with van der Waals surface area (Å²) in [5.41, 5.74) is 7.31. The predicted molar refractivity (Wildman–Crippen MR) is 96.1 cm³/mol. The molecule has 1 aromatic rings. The van der Waals surface area contributed by atoms with Gasteiger partial charge in [0.1, 0.15) is 11.4 Å². The van der Waals surface area contributed by atoms with Gasteiger partial charge in [-0.15, -0.1) is 0 Å². The van der Waals surface area contributed by atoms with E-state index >= 15 is 0 Å². The molecule has 134 valence electrons. The molecule has 0 spiro atoms. The Bertz CT molecular complexity index is 585. The van der Waals surface area contributed by atoms with Crippen molar-refractivity contribution >= 4 is 11.9 Å². The molecule has 2 N–H and O–H groups in total. The van der Waals surface area contributed by atoms with E-state index in [1.165, 1.54) is 0 Å². The van der Waals surface area contributed by atoms with Gasteiger partial charge in [0.15, 0.2) is 0 Å². The predicted octanol–water partition coefficient (Wildman–Crippen LogP) is 2.68. The lowest BCUT2D eigenvalue weighted by molar-refractivity contribution is 0.00560. The molecule has 6 nitrogen and oxygen atoms in total. The fourth-order valence-corrected chi connectivity index (χ4v) is 3.13. The van der Waals surface area contributed by atoms with Crippen LogP contribution in [0.3, 0.4) is 0 Å². The number of nitrogens with zero attached hydrogens (tertiary/aromatic N) is 3. The lowest BCUT2D eigenvalue weighted by Gasteiger charge is -2.45. The van der Waals surface area contributed by atoms with Gasteiger partial charge in [-0.2, -0.15) is 0 Å². The van der Waals surface area contributed by atoms with E-state index in [9.17, 15) is 4.79 Å². The summed E-state index contributed by atoms with van der Waals surface area (Å²) in [7, 11) is 0. The minimum atomic E-state index is -0.484. The summed E-state index contributed by atoms with van der Waals surface area (Å²) in [6, 6.07) is 4.18. The molecule has 0 bridgehead atoms. The number of hydrogen-bond acceptors (Lipinski definition) is 5. The number of nitrogens with two attached hydrogens (primary N) is 1. The summed E-state index contributed by atoms with van der Waals surface area (Å²) >= 11 is 0. The van der Waals surface area contributed by atoms with Gasteiger partial charge in [0.25, 0.3) is 0 Å². The Balaban J connectivity index is 2.14. The maximum atomic E-state index is 12.5. The van der Waals surface area contributed by atoms with E-state index in [0.29, 0.717) is 6.54 Å². The van der Waals surface area contributed by atoms with E-state index in [4.69, 9.17) is 10.5 Å². The maximum Gasteiger partial charge on any atom is 0.410 e. The SMILES string of the molecule is Cc1ccc(N2C[C@@H](C)N(C(=O)OC(C)(C)C)[C@@H](C)C2)nc1CN. The highest BCUT2D eigenvalue weighted by Gasteiger charge is 2.36. The molecule has 1 fully saturated rings. The van der Waals surface area contributed by atoms with E-state index < -0.39 is 5.60 Å². The Morgan fingerprint density at radius 1 is 1.29 bits per heavy atom. The first-order valence-electron chi connectivity index (χ1n) is 8.55. The van der Waals surface area contributed by atoms with Gasteiger partial charge in [-0.25, -0.2) is 9.78 Å². The molecule has 2 atom stereocenters. The van der Waals surface area contributed by atoms with Crippen LogP contribution in [0.5, 0.6) is 0 Å². The van der Waals surface area contributed by atoms with E-state index in [1.807, 2.05) is 52.5 Å². The first-order valence-corrected chi connectivity index (χ1v) is 8.55. The summed E-state index contributed by atoms with van der Waals surface area (Å²) < 4.78 is 5.55. The lowest BCUT2D eigenvalue weighted by atomic mass is 10.1. The molecule has 1 amide bonds. The summed E-state index contributed by atoms with van der Waals surface area (Å²) in [6.07, 6.45) is -0.248. The smallest absolute Gasteiger partial charge is 0.410 e. The molecule has 0 aromatic carbocycles. The molecule has 6 heteroatoms. The number of pyridine rings is 1. The summed E-state index contributed by atoms with van der Waals surface area (Å²) in [5, 5.41) is 0. The van der Waals surface area contributed by atoms with Crippen molar-refractivity contribution in [1.82, 2.24) is 9.88 Å². The molecule has 1 aromatic heterocycles. The largest absolute Gasteiger partial charge is 0.444 e. The molecule has 1 aliphatic rings. The highest BCUT2D eigenvalue weighted by Crippen LogP contribution is 2.24. The molecular formula is C18H30N4O2. The Labute approximate surface area is 145 Å². The number of piperazine rings is 1. The van der Waals surface area contributed by atoms with Crippen LogP contribution in [-0.4, -0.2) is 46.8 Å². The highest BCUT2D eigenvalue weighted by atomic mass is 16.6. The minimum absolute atomic E-state index is 0.0491. The van der Waals surface area contributed by atoms with Gasteiger partial charge in [-0.3, -0.25) is 4.90 Å². The molecule has 24 heavy (non-hydrogen) atoms. The Morgan fingerprint density at radius 3 is 2.38 bits per heavy atom. The first-order chi connectivity index (χ1) is 11.1. The summed E-state index contributed by atoms with van der Waals surface area (Å²) in [6.45, 7) is 13.7. The number of aryl methyl sites for hydroxylation is 1. The molecule has 2 heterocycles. The van der Waals surface area contributed by atoms with Gasteiger partial charge < -0.3 is 15.4 Å². The number of anilines is 1. The molecule has 0 saturated carbocycles. The molecule has 0 unspecified atom stereocenters. The van der Waals surface area contributed by atoms with Crippen LogP contribution in [0.4, 0.5) is 10.6 Å². The fourth-order valence-electron chi connectivity index (χ4n) is 3.13. The van der Waals surface area contributed by atoms with Crippen LogP contribution in [0.15, 0.2) is 12.1 Å². The van der Waals surface area contributed by atoms with Crippen molar-refractivity contribution in [2.24, 2.45) is 5.73 Å². The van der Waals surface area contributed by atoms with Crippen molar-refractivity contribution in [1.29, 1.82) is 0 Å². The maximum absolute atomic E-state index is 12.5. The topological polar surface area (TPSA) is 71.7 Å². The lowest BCUT2D eigenvalue weighted by Crippen LogP contribution is -2.59. The number of carbonyl (C=O) groups excluding carboxylic acids is 1. The Hall–Kier alpha value is -1.82. The number of ether oxygens (including phenoxy) is 1. The number of hydrogen-bond donors (Lipinski definition) is 1. The molecule has 0 radical (unpaired) electrons. The van der Waals surface area contributed by atoms with Crippen molar-refractivity contribution in [2.75, 3.05) is 18.0 Å². The van der Waals surface area contributed by atoms with Crippen LogP contribution in [0, 0.1) is 6.92 Å². The monoisotopic (exact) mass is 334 g/mol. The van der Waals surface area contributed by atoms with Crippen molar-refractivity contribution < 1.29 is 9.53 Å². The number of amides is 1. The van der Waals surface area contributed by atoms with Gasteiger partial charge in [-0.05, 0) is 53.2 Å². The van der Waals surface area contributed by atoms with Gasteiger partial charge in [0.2, 0.25) is 0 Å². The average molecular weight is 334 g/mol. The zero-order valence-corrected chi connectivity index (χ0v) is 15.7. The Kier molecular flexibility index (Phi) is 5.38. The normalized spacial score (nSPS) is 21.8. The highest BCUT2D eigenvalue weighted by molar-refractivity contribution is 5.69. The molecule has 1 aliphatic heterocycles.